The molecule has 1 aromatic heterocycles. The van der Waals surface area contributed by atoms with Gasteiger partial charge in [0.1, 0.15) is 11.6 Å². The maximum Gasteiger partial charge on any atom is 0.276 e. The van der Waals surface area contributed by atoms with Crippen LogP contribution in [0.4, 0.5) is 17.3 Å². The fourth-order valence-corrected chi connectivity index (χ4v) is 1.79. The van der Waals surface area contributed by atoms with Crippen LogP contribution in [0.25, 0.3) is 0 Å². The molecule has 0 saturated heterocycles. The van der Waals surface area contributed by atoms with Crippen LogP contribution in [0.1, 0.15) is 27.2 Å². The minimum absolute atomic E-state index is 0.0160. The van der Waals surface area contributed by atoms with Gasteiger partial charge in [-0.2, -0.15) is 0 Å². The summed E-state index contributed by atoms with van der Waals surface area (Å²) in [5.41, 5.74) is -0.0160. The first-order valence-electron chi connectivity index (χ1n) is 6.27. The largest absolute Gasteiger partial charge is 0.393 e. The molecule has 1 aromatic rings. The Hall–Kier alpha value is -1.89. The van der Waals surface area contributed by atoms with Crippen LogP contribution in [0.2, 0.25) is 0 Å². The molecule has 0 fully saturated rings. The molecule has 0 aliphatic carbocycles. The predicted molar refractivity (Wildman–Crippen MR) is 74.4 cm³/mol. The van der Waals surface area contributed by atoms with Crippen LogP contribution in [0.15, 0.2) is 12.1 Å². The maximum absolute atomic E-state index is 10.9. The van der Waals surface area contributed by atoms with Gasteiger partial charge in [-0.3, -0.25) is 10.1 Å². The second-order valence-corrected chi connectivity index (χ2v) is 4.51. The number of aliphatic hydroxyl groups is 1. The summed E-state index contributed by atoms with van der Waals surface area (Å²) in [6.07, 6.45) is 0.107. The zero-order chi connectivity index (χ0) is 14.4. The third-order valence-corrected chi connectivity index (χ3v) is 2.47. The van der Waals surface area contributed by atoms with Crippen molar-refractivity contribution < 1.29 is 10.0 Å². The molecule has 0 bridgehead atoms. The van der Waals surface area contributed by atoms with E-state index in [9.17, 15) is 15.2 Å². The Labute approximate surface area is 112 Å². The number of rotatable bonds is 7. The van der Waals surface area contributed by atoms with Crippen molar-refractivity contribution in [1.29, 1.82) is 0 Å². The molecule has 3 N–H and O–H groups in total. The van der Waals surface area contributed by atoms with Crippen molar-refractivity contribution in [1.82, 2.24) is 4.98 Å². The number of pyridine rings is 1. The first-order chi connectivity index (χ1) is 8.92. The topological polar surface area (TPSA) is 100 Å². The number of nitrogens with one attached hydrogen (secondary N) is 2. The van der Waals surface area contributed by atoms with E-state index in [0.717, 1.165) is 0 Å². The van der Waals surface area contributed by atoms with Crippen molar-refractivity contribution in [3.63, 3.8) is 0 Å². The molecule has 106 valence electrons. The lowest BCUT2D eigenvalue weighted by molar-refractivity contribution is -0.384. The summed E-state index contributed by atoms with van der Waals surface area (Å²) in [5, 5.41) is 26.2. The van der Waals surface area contributed by atoms with Crippen LogP contribution in [-0.2, 0) is 0 Å². The van der Waals surface area contributed by atoms with E-state index in [1.807, 2.05) is 13.8 Å². The molecular weight excluding hydrogens is 248 g/mol. The molecule has 0 saturated carbocycles. The average Bonchev–Trinajstić information content (AvgIpc) is 2.27. The van der Waals surface area contributed by atoms with Gasteiger partial charge in [-0.05, 0) is 27.2 Å². The number of nitro groups is 1. The van der Waals surface area contributed by atoms with Gasteiger partial charge in [0, 0.05) is 12.6 Å². The highest BCUT2D eigenvalue weighted by Crippen LogP contribution is 2.21. The molecular formula is C12H20N4O3. The molecule has 7 heteroatoms. The smallest absolute Gasteiger partial charge is 0.276 e. The lowest BCUT2D eigenvalue weighted by atomic mass is 10.1. The van der Waals surface area contributed by atoms with E-state index in [2.05, 4.69) is 15.6 Å². The van der Waals surface area contributed by atoms with Crippen LogP contribution in [0.3, 0.4) is 0 Å². The Balaban J connectivity index is 2.89. The normalized spacial score (nSPS) is 13.7. The number of aromatic nitrogens is 1. The molecule has 0 aliphatic heterocycles. The van der Waals surface area contributed by atoms with Gasteiger partial charge < -0.3 is 15.7 Å². The minimum Gasteiger partial charge on any atom is -0.393 e. The van der Waals surface area contributed by atoms with Gasteiger partial charge in [-0.1, -0.05) is 0 Å². The summed E-state index contributed by atoms with van der Waals surface area (Å²) in [7, 11) is 0. The SMILES string of the molecule is CCNc1cc([N+](=O)[O-])cc(NC(C)CC(C)O)n1. The van der Waals surface area contributed by atoms with Gasteiger partial charge in [-0.25, -0.2) is 4.98 Å². The van der Waals surface area contributed by atoms with Gasteiger partial charge in [0.25, 0.3) is 5.69 Å². The summed E-state index contributed by atoms with van der Waals surface area (Å²) < 4.78 is 0. The van der Waals surface area contributed by atoms with Gasteiger partial charge in [-0.15, -0.1) is 0 Å². The number of hydrogen-bond donors (Lipinski definition) is 3. The van der Waals surface area contributed by atoms with E-state index >= 15 is 0 Å². The van der Waals surface area contributed by atoms with E-state index in [0.29, 0.717) is 24.6 Å². The zero-order valence-corrected chi connectivity index (χ0v) is 11.4. The molecule has 1 heterocycles. The van der Waals surface area contributed by atoms with Crippen LogP contribution in [-0.4, -0.2) is 33.7 Å². The lowest BCUT2D eigenvalue weighted by Crippen LogP contribution is -2.21. The van der Waals surface area contributed by atoms with Crippen molar-refractivity contribution in [3.8, 4) is 0 Å². The second kappa shape index (κ2) is 6.89. The van der Waals surface area contributed by atoms with Crippen LogP contribution in [0, 0.1) is 10.1 Å². The van der Waals surface area contributed by atoms with Gasteiger partial charge in [0.05, 0.1) is 23.2 Å². The molecule has 2 atom stereocenters. The standard InChI is InChI=1S/C12H20N4O3/c1-4-13-11-6-10(16(18)19)7-12(15-11)14-8(2)5-9(3)17/h6-9,17H,4-5H2,1-3H3,(H2,13,14,15). The molecule has 0 spiro atoms. The Morgan fingerprint density at radius 3 is 2.58 bits per heavy atom. The first-order valence-corrected chi connectivity index (χ1v) is 6.27. The quantitative estimate of drug-likeness (QED) is 0.516. The molecule has 7 nitrogen and oxygen atoms in total. The molecule has 19 heavy (non-hydrogen) atoms. The van der Waals surface area contributed by atoms with E-state index < -0.39 is 11.0 Å². The van der Waals surface area contributed by atoms with E-state index in [1.165, 1.54) is 12.1 Å². The highest BCUT2D eigenvalue weighted by molar-refractivity contribution is 5.54. The Morgan fingerprint density at radius 2 is 2.05 bits per heavy atom. The Bertz CT molecular complexity index is 437. The number of nitrogens with zero attached hydrogens (tertiary/aromatic N) is 2. The predicted octanol–water partition coefficient (Wildman–Crippen LogP) is 1.99. The summed E-state index contributed by atoms with van der Waals surface area (Å²) in [6, 6.07) is 2.76. The molecule has 0 aromatic carbocycles. The fourth-order valence-electron chi connectivity index (χ4n) is 1.79. The number of hydrogen-bond acceptors (Lipinski definition) is 6. The lowest BCUT2D eigenvalue weighted by Gasteiger charge is -2.16. The van der Waals surface area contributed by atoms with E-state index in [1.54, 1.807) is 6.92 Å². The third kappa shape index (κ3) is 5.09. The van der Waals surface area contributed by atoms with Crippen molar-refractivity contribution in [2.45, 2.75) is 39.3 Å². The number of aliphatic hydroxyl groups excluding tert-OH is 1. The molecule has 1 rings (SSSR count). The number of anilines is 2. The summed E-state index contributed by atoms with van der Waals surface area (Å²) >= 11 is 0. The van der Waals surface area contributed by atoms with Crippen LogP contribution in [0.5, 0.6) is 0 Å². The second-order valence-electron chi connectivity index (χ2n) is 4.51. The average molecular weight is 268 g/mol. The van der Waals surface area contributed by atoms with E-state index in [4.69, 9.17) is 0 Å². The van der Waals surface area contributed by atoms with Crippen LogP contribution >= 0.6 is 0 Å². The summed E-state index contributed by atoms with van der Waals surface area (Å²) in [6.45, 7) is 6.11. The van der Waals surface area contributed by atoms with Crippen molar-refractivity contribution in [2.75, 3.05) is 17.2 Å². The monoisotopic (exact) mass is 268 g/mol. The summed E-state index contributed by atoms with van der Waals surface area (Å²) in [5.74, 6) is 0.891. The molecule has 0 amide bonds. The van der Waals surface area contributed by atoms with Gasteiger partial charge >= 0.3 is 0 Å². The van der Waals surface area contributed by atoms with Crippen molar-refractivity contribution in [3.05, 3.63) is 22.2 Å². The van der Waals surface area contributed by atoms with Gasteiger partial charge in [0.15, 0.2) is 0 Å². The van der Waals surface area contributed by atoms with Gasteiger partial charge in [0.2, 0.25) is 0 Å². The minimum atomic E-state index is -0.451. The zero-order valence-electron chi connectivity index (χ0n) is 11.4. The highest BCUT2D eigenvalue weighted by atomic mass is 16.6. The molecule has 0 radical (unpaired) electrons. The van der Waals surface area contributed by atoms with E-state index in [-0.39, 0.29) is 11.7 Å². The third-order valence-electron chi connectivity index (χ3n) is 2.47. The Kier molecular flexibility index (Phi) is 5.50. The van der Waals surface area contributed by atoms with Crippen LogP contribution < -0.4 is 10.6 Å². The highest BCUT2D eigenvalue weighted by Gasteiger charge is 2.13. The molecule has 2 unspecified atom stereocenters. The van der Waals surface area contributed by atoms with Crippen molar-refractivity contribution >= 4 is 17.3 Å². The Morgan fingerprint density at radius 1 is 1.42 bits per heavy atom. The first kappa shape index (κ1) is 15.2. The van der Waals surface area contributed by atoms with Crippen molar-refractivity contribution in [2.24, 2.45) is 0 Å². The summed E-state index contributed by atoms with van der Waals surface area (Å²) in [4.78, 5) is 14.6. The maximum atomic E-state index is 10.9. The fraction of sp³-hybridized carbons (Fsp3) is 0.583. The molecule has 0 aliphatic rings.